The summed E-state index contributed by atoms with van der Waals surface area (Å²) in [5.41, 5.74) is 2.62. The van der Waals surface area contributed by atoms with Crippen molar-refractivity contribution in [3.05, 3.63) is 29.8 Å². The largest absolute Gasteiger partial charge is 0.507 e. The van der Waals surface area contributed by atoms with E-state index in [2.05, 4.69) is 10.5 Å². The molecule has 1 rings (SSSR count). The number of nitrogens with zero attached hydrogens (tertiary/aromatic N) is 1. The fourth-order valence-corrected chi connectivity index (χ4v) is 0.856. The highest BCUT2D eigenvalue weighted by atomic mass is 16.3. The van der Waals surface area contributed by atoms with Gasteiger partial charge in [-0.15, -0.1) is 0 Å². The molecule has 0 heterocycles. The Morgan fingerprint density at radius 3 is 2.80 bits per heavy atom. The number of para-hydroxylation sites is 1. The topological polar surface area (TPSA) is 81.9 Å². The van der Waals surface area contributed by atoms with Crippen molar-refractivity contribution in [2.24, 2.45) is 5.10 Å². The lowest BCUT2D eigenvalue weighted by atomic mass is 10.2. The van der Waals surface area contributed by atoms with Crippen molar-refractivity contribution in [3.8, 4) is 5.75 Å². The van der Waals surface area contributed by atoms with E-state index in [4.69, 9.17) is 5.11 Å². The Balaban J connectivity index is 2.59. The number of carbonyl (C=O) groups excluding carboxylic acids is 1. The first kappa shape index (κ1) is 11.2. The molecule has 0 aliphatic rings. The molecule has 0 bridgehead atoms. The lowest BCUT2D eigenvalue weighted by Crippen LogP contribution is -2.28. The molecular weight excluding hydrogens is 196 g/mol. The summed E-state index contributed by atoms with van der Waals surface area (Å²) in [7, 11) is 0. The van der Waals surface area contributed by atoms with E-state index >= 15 is 0 Å². The number of benzene rings is 1. The van der Waals surface area contributed by atoms with Crippen molar-refractivity contribution < 1.29 is 15.0 Å². The second kappa shape index (κ2) is 5.11. The molecule has 0 aliphatic heterocycles. The van der Waals surface area contributed by atoms with Gasteiger partial charge in [-0.25, -0.2) is 5.43 Å². The molecule has 80 valence electrons. The number of nitrogens with one attached hydrogen (secondary N) is 1. The van der Waals surface area contributed by atoms with Gasteiger partial charge >= 0.3 is 0 Å². The monoisotopic (exact) mass is 208 g/mol. The van der Waals surface area contributed by atoms with Gasteiger partial charge in [-0.2, -0.15) is 5.10 Å². The highest BCUT2D eigenvalue weighted by Gasteiger charge is 2.05. The summed E-state index contributed by atoms with van der Waals surface area (Å²) in [5, 5.41) is 21.7. The minimum absolute atomic E-state index is 0.0764. The molecule has 0 fully saturated rings. The van der Waals surface area contributed by atoms with Crippen LogP contribution in [0.4, 0.5) is 0 Å². The molecule has 3 N–H and O–H groups in total. The summed E-state index contributed by atoms with van der Waals surface area (Å²) >= 11 is 0. The predicted octanol–water partition coefficient (Wildman–Crippen LogP) is 0.223. The third kappa shape index (κ3) is 3.40. The zero-order valence-electron chi connectivity index (χ0n) is 8.21. The molecule has 1 aromatic carbocycles. The zero-order chi connectivity index (χ0) is 11.3. The first-order valence-electron chi connectivity index (χ1n) is 4.40. The van der Waals surface area contributed by atoms with E-state index < -0.39 is 12.0 Å². The number of carbonyl (C=O) groups is 1. The Hall–Kier alpha value is -1.88. The van der Waals surface area contributed by atoms with Crippen molar-refractivity contribution in [1.29, 1.82) is 0 Å². The summed E-state index contributed by atoms with van der Waals surface area (Å²) in [5.74, 6) is -0.519. The maximum Gasteiger partial charge on any atom is 0.268 e. The van der Waals surface area contributed by atoms with E-state index in [1.54, 1.807) is 18.2 Å². The minimum Gasteiger partial charge on any atom is -0.507 e. The number of rotatable bonds is 3. The van der Waals surface area contributed by atoms with Gasteiger partial charge in [-0.1, -0.05) is 12.1 Å². The Morgan fingerprint density at radius 2 is 2.20 bits per heavy atom. The number of aliphatic hydroxyl groups is 1. The van der Waals surface area contributed by atoms with Crippen LogP contribution in [0.25, 0.3) is 0 Å². The number of hydrogen-bond acceptors (Lipinski definition) is 4. The molecule has 0 unspecified atom stereocenters. The third-order valence-electron chi connectivity index (χ3n) is 1.69. The van der Waals surface area contributed by atoms with Crippen LogP contribution in [0.1, 0.15) is 12.5 Å². The van der Waals surface area contributed by atoms with Gasteiger partial charge in [0, 0.05) is 5.56 Å². The van der Waals surface area contributed by atoms with E-state index in [0.29, 0.717) is 5.56 Å². The smallest absolute Gasteiger partial charge is 0.268 e. The normalized spacial score (nSPS) is 12.7. The molecule has 0 spiro atoms. The van der Waals surface area contributed by atoms with Crippen molar-refractivity contribution in [1.82, 2.24) is 5.43 Å². The van der Waals surface area contributed by atoms with E-state index in [1.807, 2.05) is 0 Å². The fraction of sp³-hybridized carbons (Fsp3) is 0.200. The van der Waals surface area contributed by atoms with Crippen LogP contribution < -0.4 is 5.43 Å². The first-order valence-corrected chi connectivity index (χ1v) is 4.40. The van der Waals surface area contributed by atoms with Crippen molar-refractivity contribution >= 4 is 12.1 Å². The maximum atomic E-state index is 10.9. The Morgan fingerprint density at radius 1 is 1.53 bits per heavy atom. The maximum absolute atomic E-state index is 10.9. The quantitative estimate of drug-likeness (QED) is 0.491. The average molecular weight is 208 g/mol. The minimum atomic E-state index is -1.11. The van der Waals surface area contributed by atoms with Gasteiger partial charge < -0.3 is 10.2 Å². The number of aromatic hydroxyl groups is 1. The van der Waals surface area contributed by atoms with Crippen LogP contribution in [-0.2, 0) is 4.79 Å². The number of phenolic OH excluding ortho intramolecular Hbond substituents is 1. The number of hydrogen-bond donors (Lipinski definition) is 3. The summed E-state index contributed by atoms with van der Waals surface area (Å²) in [6.07, 6.45) is 0.196. The van der Waals surface area contributed by atoms with Gasteiger partial charge in [-0.05, 0) is 19.1 Å². The molecule has 0 radical (unpaired) electrons. The summed E-state index contributed by atoms with van der Waals surface area (Å²) < 4.78 is 0. The predicted molar refractivity (Wildman–Crippen MR) is 55.5 cm³/mol. The summed E-state index contributed by atoms with van der Waals surface area (Å²) in [6, 6.07) is 6.57. The average Bonchev–Trinajstić information content (AvgIpc) is 2.20. The molecule has 1 amide bonds. The lowest BCUT2D eigenvalue weighted by molar-refractivity contribution is -0.128. The summed E-state index contributed by atoms with van der Waals surface area (Å²) in [4.78, 5) is 10.9. The second-order valence-corrected chi connectivity index (χ2v) is 2.97. The highest BCUT2D eigenvalue weighted by Crippen LogP contribution is 2.12. The third-order valence-corrected chi connectivity index (χ3v) is 1.69. The van der Waals surface area contributed by atoms with Crippen LogP contribution in [0.5, 0.6) is 5.75 Å². The van der Waals surface area contributed by atoms with Crippen LogP contribution in [0.2, 0.25) is 0 Å². The SMILES string of the molecule is C[C@H](O)C(=O)N/N=C/c1ccccc1O. The molecule has 1 aromatic rings. The van der Waals surface area contributed by atoms with E-state index in [-0.39, 0.29) is 5.75 Å². The van der Waals surface area contributed by atoms with Crippen LogP contribution in [0.3, 0.4) is 0 Å². The van der Waals surface area contributed by atoms with Gasteiger partial charge in [-0.3, -0.25) is 4.79 Å². The molecule has 15 heavy (non-hydrogen) atoms. The van der Waals surface area contributed by atoms with Crippen LogP contribution in [0.15, 0.2) is 29.4 Å². The lowest BCUT2D eigenvalue weighted by Gasteiger charge is -2.01. The first-order chi connectivity index (χ1) is 7.11. The number of amides is 1. The van der Waals surface area contributed by atoms with Crippen LogP contribution >= 0.6 is 0 Å². The number of hydrazone groups is 1. The van der Waals surface area contributed by atoms with E-state index in [1.165, 1.54) is 19.2 Å². The number of aliphatic hydroxyl groups excluding tert-OH is 1. The molecule has 5 heteroatoms. The second-order valence-electron chi connectivity index (χ2n) is 2.97. The molecule has 5 nitrogen and oxygen atoms in total. The van der Waals surface area contributed by atoms with Gasteiger partial charge in [0.05, 0.1) is 6.21 Å². The van der Waals surface area contributed by atoms with Crippen molar-refractivity contribution in [2.45, 2.75) is 13.0 Å². The number of phenols is 1. The van der Waals surface area contributed by atoms with E-state index in [0.717, 1.165) is 0 Å². The standard InChI is InChI=1S/C10H12N2O3/c1-7(13)10(15)12-11-6-8-4-2-3-5-9(8)14/h2-7,13-14H,1H3,(H,12,15)/b11-6+/t7-/m0/s1. The van der Waals surface area contributed by atoms with Gasteiger partial charge in [0.25, 0.3) is 5.91 Å². The van der Waals surface area contributed by atoms with Crippen LogP contribution in [-0.4, -0.2) is 28.4 Å². The molecule has 0 aromatic heterocycles. The van der Waals surface area contributed by atoms with Gasteiger partial charge in [0.2, 0.25) is 0 Å². The molecular formula is C10H12N2O3. The Bertz CT molecular complexity index is 375. The van der Waals surface area contributed by atoms with Gasteiger partial charge in [0.1, 0.15) is 11.9 Å². The molecule has 0 saturated heterocycles. The van der Waals surface area contributed by atoms with Gasteiger partial charge in [0.15, 0.2) is 0 Å². The highest BCUT2D eigenvalue weighted by molar-refractivity contribution is 5.85. The molecule has 0 aliphatic carbocycles. The summed E-state index contributed by atoms with van der Waals surface area (Å²) in [6.45, 7) is 1.34. The van der Waals surface area contributed by atoms with E-state index in [9.17, 15) is 9.90 Å². The Kier molecular flexibility index (Phi) is 3.82. The fourth-order valence-electron chi connectivity index (χ4n) is 0.856. The zero-order valence-corrected chi connectivity index (χ0v) is 8.21. The molecule has 0 saturated carbocycles. The van der Waals surface area contributed by atoms with Crippen molar-refractivity contribution in [3.63, 3.8) is 0 Å². The Labute approximate surface area is 87.1 Å². The van der Waals surface area contributed by atoms with Crippen molar-refractivity contribution in [2.75, 3.05) is 0 Å². The van der Waals surface area contributed by atoms with Crippen LogP contribution in [0, 0.1) is 0 Å². The molecule has 1 atom stereocenters.